The zero-order valence-corrected chi connectivity index (χ0v) is 10.2. The molecule has 0 fully saturated rings. The van der Waals surface area contributed by atoms with Gasteiger partial charge < -0.3 is 4.74 Å². The Bertz CT molecular complexity index is 502. The molecule has 0 saturated heterocycles. The summed E-state index contributed by atoms with van der Waals surface area (Å²) < 4.78 is 5.87. The van der Waals surface area contributed by atoms with Crippen LogP contribution < -0.4 is 0 Å². The van der Waals surface area contributed by atoms with Crippen molar-refractivity contribution in [1.82, 2.24) is 0 Å². The molecule has 1 aliphatic heterocycles. The molecule has 1 unspecified atom stereocenters. The summed E-state index contributed by atoms with van der Waals surface area (Å²) >= 11 is 0. The van der Waals surface area contributed by atoms with E-state index in [2.05, 4.69) is 4.99 Å². The predicted octanol–water partition coefficient (Wildman–Crippen LogP) is 2.69. The maximum Gasteiger partial charge on any atom is 0.168 e. The second-order valence-electron chi connectivity index (χ2n) is 4.28. The predicted molar refractivity (Wildman–Crippen MR) is 71.4 cm³/mol. The van der Waals surface area contributed by atoms with Crippen LogP contribution in [0.3, 0.4) is 0 Å². The van der Waals surface area contributed by atoms with Crippen molar-refractivity contribution in [2.24, 2.45) is 4.99 Å². The molecule has 0 spiro atoms. The fraction of sp³-hybridized carbons (Fsp3) is 0.200. The van der Waals surface area contributed by atoms with Gasteiger partial charge in [-0.25, -0.2) is 0 Å². The van der Waals surface area contributed by atoms with Crippen LogP contribution in [0.2, 0.25) is 0 Å². The molecule has 3 heteroatoms. The molecule has 0 aliphatic carbocycles. The average molecular weight is 241 g/mol. The topological polar surface area (TPSA) is 38.7 Å². The van der Waals surface area contributed by atoms with Gasteiger partial charge in [0, 0.05) is 6.20 Å². The van der Waals surface area contributed by atoms with Crippen molar-refractivity contribution in [1.29, 1.82) is 0 Å². The number of allylic oxidation sites excluding steroid dienone is 1. The zero-order chi connectivity index (χ0) is 12.8. The van der Waals surface area contributed by atoms with Crippen LogP contribution >= 0.6 is 0 Å². The summed E-state index contributed by atoms with van der Waals surface area (Å²) in [6.45, 7) is 2.45. The quantitative estimate of drug-likeness (QED) is 0.760. The minimum atomic E-state index is -0.538. The Hall–Kier alpha value is -2.00. The summed E-state index contributed by atoms with van der Waals surface area (Å²) in [6.07, 6.45) is 7.69. The molecule has 3 nitrogen and oxygen atoms in total. The molecule has 1 aromatic rings. The number of carbonyl (C=O) groups excluding carboxylic acids is 1. The van der Waals surface area contributed by atoms with E-state index in [-0.39, 0.29) is 0 Å². The van der Waals surface area contributed by atoms with Crippen LogP contribution in [0, 0.1) is 0 Å². The molecule has 0 N–H and O–H groups in total. The largest absolute Gasteiger partial charge is 0.362 e. The van der Waals surface area contributed by atoms with E-state index >= 15 is 0 Å². The standard InChI is InChI=1S/C15H15NO2/c1-15(8-7-14(11-17)16-10-9-15)18-12-13-5-3-2-4-6-13/h2-11H,12H2,1H3. The lowest BCUT2D eigenvalue weighted by molar-refractivity contribution is -0.102. The van der Waals surface area contributed by atoms with Crippen LogP contribution in [0.1, 0.15) is 12.5 Å². The Kier molecular flexibility index (Phi) is 3.85. The summed E-state index contributed by atoms with van der Waals surface area (Å²) in [5.41, 5.74) is 0.976. The number of benzene rings is 1. The Morgan fingerprint density at radius 1 is 1.28 bits per heavy atom. The first-order chi connectivity index (χ1) is 8.72. The summed E-state index contributed by atoms with van der Waals surface area (Å²) in [6, 6.07) is 9.96. The van der Waals surface area contributed by atoms with Gasteiger partial charge in [-0.1, -0.05) is 30.3 Å². The molecule has 1 aliphatic rings. The van der Waals surface area contributed by atoms with E-state index in [1.54, 1.807) is 12.3 Å². The maximum atomic E-state index is 10.6. The normalized spacial score (nSPS) is 22.4. The van der Waals surface area contributed by atoms with E-state index in [1.165, 1.54) is 0 Å². The molecule has 0 saturated carbocycles. The van der Waals surface area contributed by atoms with Crippen LogP contribution in [0.15, 0.2) is 59.8 Å². The summed E-state index contributed by atoms with van der Waals surface area (Å²) in [5, 5.41) is 0. The van der Waals surface area contributed by atoms with E-state index in [0.29, 0.717) is 12.3 Å². The van der Waals surface area contributed by atoms with Gasteiger partial charge in [0.05, 0.1) is 6.61 Å². The van der Waals surface area contributed by atoms with Gasteiger partial charge in [0.1, 0.15) is 11.3 Å². The molecule has 1 heterocycles. The van der Waals surface area contributed by atoms with Crippen molar-refractivity contribution in [3.63, 3.8) is 0 Å². The molecular weight excluding hydrogens is 226 g/mol. The highest BCUT2D eigenvalue weighted by atomic mass is 16.5. The fourth-order valence-corrected chi connectivity index (χ4v) is 1.60. The van der Waals surface area contributed by atoms with Gasteiger partial charge in [0.15, 0.2) is 6.29 Å². The summed E-state index contributed by atoms with van der Waals surface area (Å²) in [7, 11) is 0. The first kappa shape index (κ1) is 12.5. The zero-order valence-electron chi connectivity index (χ0n) is 10.2. The fourth-order valence-electron chi connectivity index (χ4n) is 1.60. The van der Waals surface area contributed by atoms with Crippen molar-refractivity contribution in [3.05, 3.63) is 60.3 Å². The van der Waals surface area contributed by atoms with Crippen LogP contribution in [0.25, 0.3) is 0 Å². The van der Waals surface area contributed by atoms with E-state index < -0.39 is 5.60 Å². The van der Waals surface area contributed by atoms with E-state index in [4.69, 9.17) is 4.74 Å². The Morgan fingerprint density at radius 3 is 2.78 bits per heavy atom. The van der Waals surface area contributed by atoms with Crippen molar-refractivity contribution in [3.8, 4) is 0 Å². The second-order valence-corrected chi connectivity index (χ2v) is 4.28. The molecule has 0 amide bonds. The molecule has 0 bridgehead atoms. The van der Waals surface area contributed by atoms with E-state index in [0.717, 1.165) is 11.8 Å². The number of aliphatic imine (C=N–C) groups is 1. The molecule has 18 heavy (non-hydrogen) atoms. The van der Waals surface area contributed by atoms with Crippen LogP contribution in [-0.4, -0.2) is 17.6 Å². The lowest BCUT2D eigenvalue weighted by Gasteiger charge is -2.22. The number of ether oxygens (including phenoxy) is 1. The van der Waals surface area contributed by atoms with Gasteiger partial charge in [-0.3, -0.25) is 9.79 Å². The van der Waals surface area contributed by atoms with Gasteiger partial charge in [-0.2, -0.15) is 0 Å². The highest BCUT2D eigenvalue weighted by Crippen LogP contribution is 2.19. The highest BCUT2D eigenvalue weighted by molar-refractivity contribution is 6.34. The van der Waals surface area contributed by atoms with Crippen LogP contribution in [-0.2, 0) is 16.1 Å². The molecule has 1 aromatic carbocycles. The molecule has 0 radical (unpaired) electrons. The number of hydrogen-bond acceptors (Lipinski definition) is 3. The lowest BCUT2D eigenvalue weighted by Crippen LogP contribution is -2.22. The van der Waals surface area contributed by atoms with Crippen molar-refractivity contribution >= 4 is 12.0 Å². The molecule has 2 rings (SSSR count). The van der Waals surface area contributed by atoms with Gasteiger partial charge in [-0.05, 0) is 30.7 Å². The third kappa shape index (κ3) is 3.25. The lowest BCUT2D eigenvalue weighted by atomic mass is 10.1. The van der Waals surface area contributed by atoms with Crippen molar-refractivity contribution in [2.45, 2.75) is 19.1 Å². The third-order valence-electron chi connectivity index (χ3n) is 2.73. The van der Waals surface area contributed by atoms with Crippen LogP contribution in [0.5, 0.6) is 0 Å². The second kappa shape index (κ2) is 5.56. The van der Waals surface area contributed by atoms with Gasteiger partial charge in [0.25, 0.3) is 0 Å². The van der Waals surface area contributed by atoms with Crippen LogP contribution in [0.4, 0.5) is 0 Å². The maximum absolute atomic E-state index is 10.6. The first-order valence-electron chi connectivity index (χ1n) is 5.80. The average Bonchev–Trinajstić information content (AvgIpc) is 2.60. The Morgan fingerprint density at radius 2 is 2.06 bits per heavy atom. The number of rotatable bonds is 4. The summed E-state index contributed by atoms with van der Waals surface area (Å²) in [4.78, 5) is 14.6. The molecular formula is C15H15NO2. The number of nitrogens with zero attached hydrogens (tertiary/aromatic N) is 1. The molecule has 92 valence electrons. The number of aldehydes is 1. The SMILES string of the molecule is CC1(OCc2ccccc2)C=CN=C(C=O)C=C1. The molecule has 0 aromatic heterocycles. The van der Waals surface area contributed by atoms with Gasteiger partial charge in [0.2, 0.25) is 0 Å². The summed E-state index contributed by atoms with van der Waals surface area (Å²) in [5.74, 6) is 0. The first-order valence-corrected chi connectivity index (χ1v) is 5.80. The Balaban J connectivity index is 2.03. The molecule has 1 atom stereocenters. The number of hydrogen-bond donors (Lipinski definition) is 0. The Labute approximate surface area is 107 Å². The van der Waals surface area contributed by atoms with Gasteiger partial charge >= 0.3 is 0 Å². The smallest absolute Gasteiger partial charge is 0.168 e. The highest BCUT2D eigenvalue weighted by Gasteiger charge is 2.19. The van der Waals surface area contributed by atoms with E-state index in [9.17, 15) is 4.79 Å². The minimum absolute atomic E-state index is 0.401. The monoisotopic (exact) mass is 241 g/mol. The van der Waals surface area contributed by atoms with Crippen molar-refractivity contribution in [2.75, 3.05) is 0 Å². The number of carbonyl (C=O) groups is 1. The van der Waals surface area contributed by atoms with E-state index in [1.807, 2.05) is 49.4 Å². The third-order valence-corrected chi connectivity index (χ3v) is 2.73. The minimum Gasteiger partial charge on any atom is -0.362 e. The van der Waals surface area contributed by atoms with Gasteiger partial charge in [-0.15, -0.1) is 0 Å². The van der Waals surface area contributed by atoms with Crippen molar-refractivity contribution < 1.29 is 9.53 Å².